The molecule has 0 aliphatic rings. The van der Waals surface area contributed by atoms with Gasteiger partial charge in [0.25, 0.3) is 0 Å². The van der Waals surface area contributed by atoms with Crippen molar-refractivity contribution in [3.63, 3.8) is 0 Å². The number of rotatable bonds is 4. The molecule has 1 aromatic carbocycles. The van der Waals surface area contributed by atoms with Crippen LogP contribution < -0.4 is 10.1 Å². The Hall–Kier alpha value is -2.15. The average molecular weight is 278 g/mol. The Morgan fingerprint density at radius 2 is 2.26 bits per heavy atom. The largest absolute Gasteiger partial charge is 0.495 e. The predicted molar refractivity (Wildman–Crippen MR) is 73.7 cm³/mol. The van der Waals surface area contributed by atoms with Crippen LogP contribution in [0.25, 0.3) is 0 Å². The van der Waals surface area contributed by atoms with Gasteiger partial charge in [0, 0.05) is 7.05 Å². The van der Waals surface area contributed by atoms with E-state index in [1.54, 1.807) is 30.9 Å². The van der Waals surface area contributed by atoms with E-state index in [-0.39, 0.29) is 12.3 Å². The highest BCUT2D eigenvalue weighted by atomic mass is 32.1. The van der Waals surface area contributed by atoms with Gasteiger partial charge in [-0.2, -0.15) is 5.10 Å². The summed E-state index contributed by atoms with van der Waals surface area (Å²) in [6, 6.07) is 7.23. The van der Waals surface area contributed by atoms with Gasteiger partial charge in [0.1, 0.15) is 11.6 Å². The molecule has 0 saturated carbocycles. The quantitative estimate of drug-likeness (QED) is 0.834. The van der Waals surface area contributed by atoms with Crippen LogP contribution in [0.1, 0.15) is 5.82 Å². The van der Waals surface area contributed by atoms with Crippen molar-refractivity contribution in [3.8, 4) is 5.75 Å². The van der Waals surface area contributed by atoms with Crippen molar-refractivity contribution in [2.45, 2.75) is 6.42 Å². The number of hydrogen-bond acceptors (Lipinski definition) is 4. The fraction of sp³-hybridized carbons (Fsp3) is 0.250. The van der Waals surface area contributed by atoms with Crippen molar-refractivity contribution in [1.82, 2.24) is 14.8 Å². The molecule has 0 bridgehead atoms. The molecule has 2 aromatic rings. The molecule has 2 N–H and O–H groups in total. The molecular formula is C12H14N4O2S. The van der Waals surface area contributed by atoms with Crippen LogP contribution in [0.5, 0.6) is 5.75 Å². The smallest absolute Gasteiger partial charge is 0.232 e. The highest BCUT2D eigenvalue weighted by Gasteiger charge is 2.11. The number of amides is 1. The number of para-hydroxylation sites is 2. The van der Waals surface area contributed by atoms with Gasteiger partial charge in [-0.15, -0.1) is 0 Å². The van der Waals surface area contributed by atoms with Crippen molar-refractivity contribution in [3.05, 3.63) is 34.9 Å². The lowest BCUT2D eigenvalue weighted by Crippen LogP contribution is -2.17. The number of carbonyl (C=O) groups is 1. The summed E-state index contributed by atoms with van der Waals surface area (Å²) >= 11 is 4.99. The average Bonchev–Trinajstić information content (AvgIpc) is 2.71. The summed E-state index contributed by atoms with van der Waals surface area (Å²) in [7, 11) is 3.32. The summed E-state index contributed by atoms with van der Waals surface area (Å²) in [5.74, 6) is 1.02. The van der Waals surface area contributed by atoms with E-state index in [0.717, 1.165) is 0 Å². The van der Waals surface area contributed by atoms with Crippen LogP contribution in [0.15, 0.2) is 24.3 Å². The molecule has 7 heteroatoms. The number of methoxy groups -OCH3 is 1. The number of nitrogens with one attached hydrogen (secondary N) is 2. The zero-order valence-electron chi connectivity index (χ0n) is 10.6. The Bertz CT molecular complexity index is 647. The molecule has 0 saturated heterocycles. The second-order valence-corrected chi connectivity index (χ2v) is 4.32. The Balaban J connectivity index is 2.09. The van der Waals surface area contributed by atoms with Gasteiger partial charge in [-0.05, 0) is 24.4 Å². The van der Waals surface area contributed by atoms with Gasteiger partial charge in [-0.1, -0.05) is 12.1 Å². The van der Waals surface area contributed by atoms with E-state index in [1.165, 1.54) is 0 Å². The number of H-pyrrole nitrogens is 1. The molecule has 0 unspecified atom stereocenters. The van der Waals surface area contributed by atoms with Gasteiger partial charge in [0.15, 0.2) is 4.77 Å². The standard InChI is InChI=1S/C12H14N4O2S/c1-16-10(14-15-12(16)19)7-11(17)13-8-5-3-4-6-9(8)18-2/h3-6H,7H2,1-2H3,(H,13,17)(H,15,19). The molecule has 0 radical (unpaired) electrons. The molecule has 0 atom stereocenters. The monoisotopic (exact) mass is 278 g/mol. The molecule has 0 fully saturated rings. The van der Waals surface area contributed by atoms with Crippen LogP contribution in [0, 0.1) is 4.77 Å². The molecule has 1 aromatic heterocycles. The lowest BCUT2D eigenvalue weighted by atomic mass is 10.2. The lowest BCUT2D eigenvalue weighted by molar-refractivity contribution is -0.115. The number of benzene rings is 1. The molecule has 100 valence electrons. The summed E-state index contributed by atoms with van der Waals surface area (Å²) in [6.45, 7) is 0. The van der Waals surface area contributed by atoms with E-state index in [1.807, 2.05) is 12.1 Å². The number of carbonyl (C=O) groups excluding carboxylic acids is 1. The maximum atomic E-state index is 11.9. The predicted octanol–water partition coefficient (Wildman–Crippen LogP) is 1.67. The van der Waals surface area contributed by atoms with E-state index in [2.05, 4.69) is 15.5 Å². The van der Waals surface area contributed by atoms with Gasteiger partial charge < -0.3 is 14.6 Å². The van der Waals surface area contributed by atoms with Gasteiger partial charge in [0.2, 0.25) is 5.91 Å². The number of nitrogens with zero attached hydrogens (tertiary/aromatic N) is 2. The van der Waals surface area contributed by atoms with Crippen LogP contribution in [0.2, 0.25) is 0 Å². The zero-order chi connectivity index (χ0) is 13.8. The molecule has 0 aliphatic carbocycles. The molecule has 1 amide bonds. The van der Waals surface area contributed by atoms with E-state index >= 15 is 0 Å². The van der Waals surface area contributed by atoms with E-state index < -0.39 is 0 Å². The van der Waals surface area contributed by atoms with Gasteiger partial charge in [-0.25, -0.2) is 0 Å². The molecule has 6 nitrogen and oxygen atoms in total. The maximum Gasteiger partial charge on any atom is 0.232 e. The summed E-state index contributed by atoms with van der Waals surface area (Å²) in [4.78, 5) is 11.9. The van der Waals surface area contributed by atoms with E-state index in [9.17, 15) is 4.79 Å². The minimum atomic E-state index is -0.179. The minimum Gasteiger partial charge on any atom is -0.495 e. The Kier molecular flexibility index (Phi) is 3.96. The summed E-state index contributed by atoms with van der Waals surface area (Å²) in [6.07, 6.45) is 0.141. The zero-order valence-corrected chi connectivity index (χ0v) is 11.5. The molecule has 2 rings (SSSR count). The highest BCUT2D eigenvalue weighted by Crippen LogP contribution is 2.22. The number of aromatic amines is 1. The number of hydrogen-bond donors (Lipinski definition) is 2. The summed E-state index contributed by atoms with van der Waals surface area (Å²) in [5, 5.41) is 9.41. The minimum absolute atomic E-state index is 0.141. The first-order valence-corrected chi connectivity index (χ1v) is 6.05. The normalized spacial score (nSPS) is 10.2. The van der Waals surface area contributed by atoms with Crippen LogP contribution in [-0.2, 0) is 18.3 Å². The topological polar surface area (TPSA) is 71.9 Å². The van der Waals surface area contributed by atoms with Crippen molar-refractivity contribution in [2.24, 2.45) is 7.05 Å². The van der Waals surface area contributed by atoms with E-state index in [0.29, 0.717) is 22.0 Å². The van der Waals surface area contributed by atoms with E-state index in [4.69, 9.17) is 17.0 Å². The van der Waals surface area contributed by atoms with Gasteiger partial charge >= 0.3 is 0 Å². The third-order valence-corrected chi connectivity index (χ3v) is 3.04. The van der Waals surface area contributed by atoms with Crippen molar-refractivity contribution in [1.29, 1.82) is 0 Å². The van der Waals surface area contributed by atoms with Crippen LogP contribution in [0.4, 0.5) is 5.69 Å². The fourth-order valence-corrected chi connectivity index (χ4v) is 1.77. The molecule has 1 heterocycles. The maximum absolute atomic E-state index is 11.9. The van der Waals surface area contributed by atoms with Crippen molar-refractivity contribution in [2.75, 3.05) is 12.4 Å². The highest BCUT2D eigenvalue weighted by molar-refractivity contribution is 7.71. The fourth-order valence-electron chi connectivity index (χ4n) is 1.62. The molecule has 19 heavy (non-hydrogen) atoms. The Labute approximate surface area is 115 Å². The first-order valence-electron chi connectivity index (χ1n) is 5.65. The summed E-state index contributed by atoms with van der Waals surface area (Å²) in [5.41, 5.74) is 0.631. The Morgan fingerprint density at radius 1 is 1.53 bits per heavy atom. The van der Waals surface area contributed by atoms with Crippen molar-refractivity contribution >= 4 is 23.8 Å². The molecular weight excluding hydrogens is 264 g/mol. The third kappa shape index (κ3) is 3.00. The summed E-state index contributed by atoms with van der Waals surface area (Å²) < 4.78 is 7.32. The second kappa shape index (κ2) is 5.66. The number of aromatic nitrogens is 3. The Morgan fingerprint density at radius 3 is 2.89 bits per heavy atom. The lowest BCUT2D eigenvalue weighted by Gasteiger charge is -2.09. The van der Waals surface area contributed by atoms with Crippen LogP contribution in [0.3, 0.4) is 0 Å². The van der Waals surface area contributed by atoms with Crippen LogP contribution >= 0.6 is 12.2 Å². The molecule has 0 aliphatic heterocycles. The number of ether oxygens (including phenoxy) is 1. The number of anilines is 1. The van der Waals surface area contributed by atoms with Crippen molar-refractivity contribution < 1.29 is 9.53 Å². The third-order valence-electron chi connectivity index (χ3n) is 2.67. The van der Waals surface area contributed by atoms with Gasteiger partial charge in [-0.3, -0.25) is 9.89 Å². The van der Waals surface area contributed by atoms with Crippen LogP contribution in [-0.4, -0.2) is 27.8 Å². The second-order valence-electron chi connectivity index (χ2n) is 3.93. The SMILES string of the molecule is COc1ccccc1NC(=O)Cc1n[nH]c(=S)n1C. The first-order chi connectivity index (χ1) is 9.11. The molecule has 0 spiro atoms. The van der Waals surface area contributed by atoms with Gasteiger partial charge in [0.05, 0.1) is 19.2 Å². The first kappa shape index (κ1) is 13.3.